The molecule has 0 atom stereocenters. The van der Waals surface area contributed by atoms with E-state index in [0.29, 0.717) is 40.9 Å². The van der Waals surface area contributed by atoms with Crippen molar-refractivity contribution < 1.29 is 10.2 Å². The summed E-state index contributed by atoms with van der Waals surface area (Å²) in [6, 6.07) is 7.66. The summed E-state index contributed by atoms with van der Waals surface area (Å²) in [4.78, 5) is 1.89. The van der Waals surface area contributed by atoms with Gasteiger partial charge in [0.05, 0.1) is 10.0 Å². The lowest BCUT2D eigenvalue weighted by Gasteiger charge is -2.20. The maximum Gasteiger partial charge on any atom is 0.178 e. The molecule has 0 fully saturated rings. The van der Waals surface area contributed by atoms with Crippen molar-refractivity contribution in [3.05, 3.63) is 56.0 Å². The van der Waals surface area contributed by atoms with Gasteiger partial charge in [-0.3, -0.25) is 0 Å². The van der Waals surface area contributed by atoms with E-state index in [-0.39, 0.29) is 10.0 Å². The zero-order valence-corrected chi connectivity index (χ0v) is 16.1. The monoisotopic (exact) mass is 416 g/mol. The second-order valence-electron chi connectivity index (χ2n) is 5.75. The van der Waals surface area contributed by atoms with Crippen LogP contribution in [-0.2, 0) is 19.5 Å². The number of nitrogens with one attached hydrogen (secondary N) is 1. The standard InChI is InChI=1S/C17H15Cl3N2O2S/c18-10-3-1-9(2-4-10)5-6-21-17(25)22-7-11-12(8-22)14(20)16(24)15(23)13(11)19/h1-4,23-24H,5-8H2,(H,21,25). The van der Waals surface area contributed by atoms with Gasteiger partial charge in [0.15, 0.2) is 16.6 Å². The summed E-state index contributed by atoms with van der Waals surface area (Å²) in [6.45, 7) is 1.52. The number of aromatic hydroxyl groups is 2. The van der Waals surface area contributed by atoms with Gasteiger partial charge in [0.1, 0.15) is 0 Å². The van der Waals surface area contributed by atoms with E-state index >= 15 is 0 Å². The van der Waals surface area contributed by atoms with Crippen LogP contribution in [0, 0.1) is 0 Å². The Morgan fingerprint density at radius 3 is 2.04 bits per heavy atom. The molecule has 25 heavy (non-hydrogen) atoms. The first-order valence-corrected chi connectivity index (χ1v) is 9.10. The van der Waals surface area contributed by atoms with Crippen molar-refractivity contribution in [2.24, 2.45) is 0 Å². The average molecular weight is 418 g/mol. The Hall–Kier alpha value is -1.40. The largest absolute Gasteiger partial charge is 0.503 e. The fourth-order valence-electron chi connectivity index (χ4n) is 2.75. The SMILES string of the molecule is Oc1c(O)c(Cl)c2c(c1Cl)CN(C(=S)NCCc1ccc(Cl)cc1)C2. The second-order valence-corrected chi connectivity index (χ2v) is 7.33. The fourth-order valence-corrected chi connectivity index (χ4v) is 3.63. The van der Waals surface area contributed by atoms with Crippen LogP contribution in [0.5, 0.6) is 11.5 Å². The molecule has 2 aromatic rings. The number of nitrogens with zero attached hydrogens (tertiary/aromatic N) is 1. The molecular weight excluding hydrogens is 403 g/mol. The lowest BCUT2D eigenvalue weighted by Crippen LogP contribution is -2.37. The normalized spacial score (nSPS) is 13.0. The van der Waals surface area contributed by atoms with E-state index in [0.717, 1.165) is 12.0 Å². The summed E-state index contributed by atoms with van der Waals surface area (Å²) in [5, 5.41) is 24.3. The van der Waals surface area contributed by atoms with Crippen LogP contribution in [0.15, 0.2) is 24.3 Å². The van der Waals surface area contributed by atoms with Gasteiger partial charge in [-0.05, 0) is 36.3 Å². The third kappa shape index (κ3) is 3.75. The molecule has 2 aromatic carbocycles. The molecule has 0 spiro atoms. The van der Waals surface area contributed by atoms with Gasteiger partial charge >= 0.3 is 0 Å². The number of fused-ring (bicyclic) bond motifs is 1. The van der Waals surface area contributed by atoms with Crippen LogP contribution in [-0.4, -0.2) is 26.8 Å². The Labute approximate surface area is 165 Å². The average Bonchev–Trinajstić information content (AvgIpc) is 3.05. The quantitative estimate of drug-likeness (QED) is 0.507. The van der Waals surface area contributed by atoms with Crippen molar-refractivity contribution in [1.29, 1.82) is 0 Å². The third-order valence-corrected chi connectivity index (χ3v) is 5.59. The highest BCUT2D eigenvalue weighted by atomic mass is 35.5. The van der Waals surface area contributed by atoms with Gasteiger partial charge in [-0.2, -0.15) is 0 Å². The third-order valence-electron chi connectivity index (χ3n) is 4.12. The molecule has 3 N–H and O–H groups in total. The highest BCUT2D eigenvalue weighted by molar-refractivity contribution is 7.80. The van der Waals surface area contributed by atoms with Crippen molar-refractivity contribution in [3.63, 3.8) is 0 Å². The second kappa shape index (κ2) is 7.46. The Balaban J connectivity index is 1.62. The molecule has 0 aliphatic carbocycles. The zero-order valence-electron chi connectivity index (χ0n) is 13.0. The first-order chi connectivity index (χ1) is 11.9. The summed E-state index contributed by atoms with van der Waals surface area (Å²) in [5.41, 5.74) is 2.53. The summed E-state index contributed by atoms with van der Waals surface area (Å²) in [5.74, 6) is -0.789. The van der Waals surface area contributed by atoms with Gasteiger partial charge in [0, 0.05) is 35.8 Å². The van der Waals surface area contributed by atoms with Crippen LogP contribution < -0.4 is 5.32 Å². The number of halogens is 3. The van der Waals surface area contributed by atoms with Gasteiger partial charge in [-0.1, -0.05) is 46.9 Å². The van der Waals surface area contributed by atoms with E-state index in [9.17, 15) is 10.2 Å². The molecule has 0 amide bonds. The van der Waals surface area contributed by atoms with Gasteiger partial charge in [0.2, 0.25) is 0 Å². The van der Waals surface area contributed by atoms with Crippen LogP contribution in [0.4, 0.5) is 0 Å². The molecular formula is C17H15Cl3N2O2S. The lowest BCUT2D eigenvalue weighted by atomic mass is 10.1. The Morgan fingerprint density at radius 1 is 1.00 bits per heavy atom. The van der Waals surface area contributed by atoms with Crippen molar-refractivity contribution in [3.8, 4) is 11.5 Å². The van der Waals surface area contributed by atoms with Crippen molar-refractivity contribution in [2.75, 3.05) is 6.54 Å². The fraction of sp³-hybridized carbons (Fsp3) is 0.235. The van der Waals surface area contributed by atoms with E-state index in [1.54, 1.807) is 0 Å². The molecule has 3 rings (SSSR count). The Bertz CT molecular complexity index is 791. The zero-order chi connectivity index (χ0) is 18.1. The molecule has 132 valence electrons. The number of phenols is 2. The minimum Gasteiger partial charge on any atom is -0.503 e. The minimum absolute atomic E-state index is 0.114. The van der Waals surface area contributed by atoms with Crippen LogP contribution in [0.2, 0.25) is 15.1 Å². The van der Waals surface area contributed by atoms with Crippen LogP contribution in [0.1, 0.15) is 16.7 Å². The van der Waals surface area contributed by atoms with E-state index in [2.05, 4.69) is 5.32 Å². The smallest absolute Gasteiger partial charge is 0.178 e. The maximum atomic E-state index is 9.82. The molecule has 1 aliphatic heterocycles. The maximum absolute atomic E-state index is 9.82. The first-order valence-electron chi connectivity index (χ1n) is 7.56. The van der Waals surface area contributed by atoms with E-state index < -0.39 is 11.5 Å². The van der Waals surface area contributed by atoms with Gasteiger partial charge in [0.25, 0.3) is 0 Å². The van der Waals surface area contributed by atoms with Crippen LogP contribution in [0.3, 0.4) is 0 Å². The molecule has 0 aromatic heterocycles. The van der Waals surface area contributed by atoms with Crippen LogP contribution in [0.25, 0.3) is 0 Å². The van der Waals surface area contributed by atoms with Gasteiger partial charge in [-0.15, -0.1) is 0 Å². The molecule has 0 saturated carbocycles. The lowest BCUT2D eigenvalue weighted by molar-refractivity contribution is 0.403. The summed E-state index contributed by atoms with van der Waals surface area (Å²) in [6.07, 6.45) is 0.807. The topological polar surface area (TPSA) is 55.7 Å². The molecule has 8 heteroatoms. The molecule has 0 bridgehead atoms. The van der Waals surface area contributed by atoms with Gasteiger partial charge in [-0.25, -0.2) is 0 Å². The van der Waals surface area contributed by atoms with Crippen molar-refractivity contribution in [2.45, 2.75) is 19.5 Å². The molecule has 0 radical (unpaired) electrons. The number of hydrogen-bond donors (Lipinski definition) is 3. The number of benzene rings is 2. The Kier molecular flexibility index (Phi) is 5.49. The molecule has 0 saturated heterocycles. The molecule has 4 nitrogen and oxygen atoms in total. The first kappa shape index (κ1) is 18.4. The predicted octanol–water partition coefficient (Wildman–Crippen LogP) is 4.49. The molecule has 0 unspecified atom stereocenters. The number of hydrogen-bond acceptors (Lipinski definition) is 3. The highest BCUT2D eigenvalue weighted by Gasteiger charge is 2.30. The molecule has 1 heterocycles. The van der Waals surface area contributed by atoms with E-state index in [4.69, 9.17) is 47.0 Å². The van der Waals surface area contributed by atoms with Crippen LogP contribution >= 0.6 is 47.0 Å². The number of thiocarbonyl (C=S) groups is 1. The highest BCUT2D eigenvalue weighted by Crippen LogP contribution is 2.47. The van der Waals surface area contributed by atoms with Crippen molar-refractivity contribution in [1.82, 2.24) is 10.2 Å². The van der Waals surface area contributed by atoms with E-state index in [1.165, 1.54) is 0 Å². The predicted molar refractivity (Wildman–Crippen MR) is 105 cm³/mol. The number of phenolic OH excluding ortho intramolecular Hbond substituents is 2. The number of rotatable bonds is 3. The summed E-state index contributed by atoms with van der Waals surface area (Å²) < 4.78 is 0. The Morgan fingerprint density at radius 2 is 1.52 bits per heavy atom. The molecule has 1 aliphatic rings. The summed E-state index contributed by atoms with van der Waals surface area (Å²) >= 11 is 23.5. The minimum atomic E-state index is -0.395. The van der Waals surface area contributed by atoms with Gasteiger partial charge < -0.3 is 20.4 Å². The van der Waals surface area contributed by atoms with E-state index in [1.807, 2.05) is 29.2 Å². The summed E-state index contributed by atoms with van der Waals surface area (Å²) in [7, 11) is 0. The van der Waals surface area contributed by atoms with Crippen molar-refractivity contribution >= 4 is 52.1 Å².